The van der Waals surface area contributed by atoms with Crippen molar-refractivity contribution in [3.63, 3.8) is 0 Å². The molecule has 15 heavy (non-hydrogen) atoms. The highest BCUT2D eigenvalue weighted by Crippen LogP contribution is 2.29. The van der Waals surface area contributed by atoms with E-state index in [1.165, 1.54) is 11.1 Å². The summed E-state index contributed by atoms with van der Waals surface area (Å²) < 4.78 is 0. The van der Waals surface area contributed by atoms with Crippen LogP contribution in [0.25, 0.3) is 0 Å². The van der Waals surface area contributed by atoms with Crippen LogP contribution in [-0.4, -0.2) is 0 Å². The smallest absolute Gasteiger partial charge is 0.00118 e. The van der Waals surface area contributed by atoms with Crippen LogP contribution in [0, 0.1) is 6.92 Å². The predicted octanol–water partition coefficient (Wildman–Crippen LogP) is 4.34. The summed E-state index contributed by atoms with van der Waals surface area (Å²) in [6.07, 6.45) is 0. The fourth-order valence-corrected chi connectivity index (χ4v) is 1.52. The lowest BCUT2D eigenvalue weighted by Crippen LogP contribution is -2.16. The molecule has 0 fully saturated rings. The Morgan fingerprint density at radius 1 is 0.733 bits per heavy atom. The van der Waals surface area contributed by atoms with Gasteiger partial charge < -0.3 is 0 Å². The first-order chi connectivity index (χ1) is 6.60. The molecule has 0 unspecified atom stereocenters. The highest BCUT2D eigenvalue weighted by atomic mass is 14.2. The maximum absolute atomic E-state index is 5.95. The van der Waals surface area contributed by atoms with Crippen LogP contribution in [0.3, 0.4) is 0 Å². The summed E-state index contributed by atoms with van der Waals surface area (Å²) in [5.41, 5.74) is 3.82. The zero-order valence-corrected chi connectivity index (χ0v) is 10.8. The van der Waals surface area contributed by atoms with Crippen molar-refractivity contribution in [2.45, 2.75) is 52.4 Å². The van der Waals surface area contributed by atoms with E-state index < -0.39 is 0 Å². The van der Waals surface area contributed by atoms with Gasteiger partial charge in [0.25, 0.3) is 0 Å². The molecule has 0 aliphatic carbocycles. The number of hydrogen-bond donors (Lipinski definition) is 0. The third kappa shape index (κ3) is 3.09. The average Bonchev–Trinajstić information content (AvgIpc) is 1.99. The SMILES string of the molecule is [CH]c1cc(C(C)(C)C)cc(C(C)(C)C)c1. The molecule has 0 aliphatic rings. The van der Waals surface area contributed by atoms with Crippen LogP contribution in [0.1, 0.15) is 58.2 Å². The molecule has 0 bridgehead atoms. The molecule has 0 aromatic heterocycles. The van der Waals surface area contributed by atoms with Crippen molar-refractivity contribution in [1.29, 1.82) is 0 Å². The molecule has 0 amide bonds. The molecule has 0 heteroatoms. The quantitative estimate of drug-likeness (QED) is 0.587. The lowest BCUT2D eigenvalue weighted by molar-refractivity contribution is 0.568. The monoisotopic (exact) mass is 202 g/mol. The molecule has 82 valence electrons. The van der Waals surface area contributed by atoms with E-state index in [1.54, 1.807) is 0 Å². The summed E-state index contributed by atoms with van der Waals surface area (Å²) in [5.74, 6) is 0. The molecule has 2 radical (unpaired) electrons. The third-order valence-electron chi connectivity index (χ3n) is 2.69. The van der Waals surface area contributed by atoms with Crippen molar-refractivity contribution in [2.24, 2.45) is 0 Å². The fourth-order valence-electron chi connectivity index (χ4n) is 1.52. The van der Waals surface area contributed by atoms with E-state index in [1.807, 2.05) is 0 Å². The van der Waals surface area contributed by atoms with Crippen LogP contribution in [0.5, 0.6) is 0 Å². The molecule has 0 aliphatic heterocycles. The highest BCUT2D eigenvalue weighted by molar-refractivity contribution is 5.38. The van der Waals surface area contributed by atoms with Gasteiger partial charge in [-0.3, -0.25) is 0 Å². The van der Waals surface area contributed by atoms with Crippen molar-refractivity contribution >= 4 is 0 Å². The topological polar surface area (TPSA) is 0 Å². The van der Waals surface area contributed by atoms with E-state index in [4.69, 9.17) is 6.92 Å². The van der Waals surface area contributed by atoms with Gasteiger partial charge in [0, 0.05) is 0 Å². The highest BCUT2D eigenvalue weighted by Gasteiger charge is 2.19. The second-order valence-electron chi connectivity index (χ2n) is 6.34. The van der Waals surface area contributed by atoms with E-state index in [2.05, 4.69) is 59.7 Å². The normalized spacial score (nSPS) is 13.0. The van der Waals surface area contributed by atoms with Gasteiger partial charge in [-0.25, -0.2) is 0 Å². The summed E-state index contributed by atoms with van der Waals surface area (Å²) in [6.45, 7) is 19.3. The van der Waals surface area contributed by atoms with Crippen molar-refractivity contribution in [1.82, 2.24) is 0 Å². The summed E-state index contributed by atoms with van der Waals surface area (Å²) in [7, 11) is 0. The lowest BCUT2D eigenvalue weighted by atomic mass is 9.80. The second-order valence-corrected chi connectivity index (χ2v) is 6.34. The third-order valence-corrected chi connectivity index (χ3v) is 2.69. The Morgan fingerprint density at radius 3 is 1.33 bits per heavy atom. The Hall–Kier alpha value is -0.780. The van der Waals surface area contributed by atoms with E-state index >= 15 is 0 Å². The Bertz CT molecular complexity index is 313. The summed E-state index contributed by atoms with van der Waals surface area (Å²) in [5, 5.41) is 0. The second kappa shape index (κ2) is 3.66. The Kier molecular flexibility index (Phi) is 3.00. The first kappa shape index (κ1) is 12.3. The van der Waals surface area contributed by atoms with Gasteiger partial charge in [0.2, 0.25) is 0 Å². The van der Waals surface area contributed by atoms with Crippen LogP contribution < -0.4 is 0 Å². The van der Waals surface area contributed by atoms with Gasteiger partial charge in [-0.15, -0.1) is 0 Å². The van der Waals surface area contributed by atoms with Crippen LogP contribution in [0.2, 0.25) is 0 Å². The van der Waals surface area contributed by atoms with E-state index in [0.717, 1.165) is 5.56 Å². The molecule has 0 spiro atoms. The number of hydrogen-bond acceptors (Lipinski definition) is 0. The van der Waals surface area contributed by atoms with Crippen LogP contribution in [0.4, 0.5) is 0 Å². The minimum atomic E-state index is 0.162. The maximum atomic E-state index is 5.95. The zero-order valence-electron chi connectivity index (χ0n) is 10.8. The minimum Gasteiger partial charge on any atom is -0.0561 e. The van der Waals surface area contributed by atoms with Crippen LogP contribution >= 0.6 is 0 Å². The van der Waals surface area contributed by atoms with E-state index in [9.17, 15) is 0 Å². The lowest BCUT2D eigenvalue weighted by Gasteiger charge is -2.25. The van der Waals surface area contributed by atoms with Crippen LogP contribution in [0.15, 0.2) is 18.2 Å². The molecular weight excluding hydrogens is 180 g/mol. The molecule has 1 rings (SSSR count). The first-order valence-corrected chi connectivity index (χ1v) is 5.52. The first-order valence-electron chi connectivity index (χ1n) is 5.52. The van der Waals surface area contributed by atoms with Gasteiger partial charge in [-0.05, 0) is 34.4 Å². The van der Waals surface area contributed by atoms with Gasteiger partial charge >= 0.3 is 0 Å². The molecule has 0 saturated heterocycles. The summed E-state index contributed by atoms with van der Waals surface area (Å²) in [4.78, 5) is 0. The average molecular weight is 202 g/mol. The van der Waals surface area contributed by atoms with E-state index in [-0.39, 0.29) is 10.8 Å². The molecule has 0 N–H and O–H groups in total. The van der Waals surface area contributed by atoms with Crippen molar-refractivity contribution < 1.29 is 0 Å². The molecule has 0 nitrogen and oxygen atoms in total. The summed E-state index contributed by atoms with van der Waals surface area (Å²) in [6, 6.07) is 6.43. The van der Waals surface area contributed by atoms with Crippen molar-refractivity contribution in [2.75, 3.05) is 0 Å². The molecule has 1 aromatic carbocycles. The molecular formula is C15H22. The summed E-state index contributed by atoms with van der Waals surface area (Å²) >= 11 is 0. The standard InChI is InChI=1S/C15H22/c1-11-8-12(14(2,3)4)10-13(9-11)15(5,6)7/h1,8-10H,2-7H3. The van der Waals surface area contributed by atoms with Crippen molar-refractivity contribution in [3.05, 3.63) is 41.8 Å². The van der Waals surface area contributed by atoms with E-state index in [0.29, 0.717) is 0 Å². The fraction of sp³-hybridized carbons (Fsp3) is 0.533. The Morgan fingerprint density at radius 2 is 1.07 bits per heavy atom. The van der Waals surface area contributed by atoms with Gasteiger partial charge in [0.05, 0.1) is 0 Å². The van der Waals surface area contributed by atoms with Crippen molar-refractivity contribution in [3.8, 4) is 0 Å². The molecule has 1 aromatic rings. The van der Waals surface area contributed by atoms with Crippen LogP contribution in [-0.2, 0) is 10.8 Å². The van der Waals surface area contributed by atoms with Gasteiger partial charge in [0.1, 0.15) is 0 Å². The number of rotatable bonds is 0. The Balaban J connectivity index is 3.30. The molecule has 0 atom stereocenters. The minimum absolute atomic E-state index is 0.162. The molecule has 0 saturated carbocycles. The molecule has 0 heterocycles. The van der Waals surface area contributed by atoms with Gasteiger partial charge in [-0.2, -0.15) is 0 Å². The predicted molar refractivity (Wildman–Crippen MR) is 67.2 cm³/mol. The van der Waals surface area contributed by atoms with Gasteiger partial charge in [0.15, 0.2) is 0 Å². The number of benzene rings is 1. The Labute approximate surface area is 94.7 Å². The largest absolute Gasteiger partial charge is 0.0561 e. The maximum Gasteiger partial charge on any atom is -0.00118 e. The zero-order chi connectivity index (χ0) is 11.9. The van der Waals surface area contributed by atoms with Gasteiger partial charge in [-0.1, -0.05) is 59.7 Å².